The average Bonchev–Trinajstić information content (AvgIpc) is 3.10. The van der Waals surface area contributed by atoms with Gasteiger partial charge in [0.25, 0.3) is 0 Å². The molecule has 3 heterocycles. The maximum Gasteiger partial charge on any atom is 0.327 e. The van der Waals surface area contributed by atoms with E-state index >= 15 is 0 Å². The molecule has 13 nitrogen and oxygen atoms in total. The molecule has 4 unspecified atom stereocenters. The largest absolute Gasteiger partial charge is 0.480 e. The number of β-lactam (4-membered cyclic amide) rings is 1. The zero-order valence-electron chi connectivity index (χ0n) is 19.5. The Morgan fingerprint density at radius 3 is 2.33 bits per heavy atom. The van der Waals surface area contributed by atoms with Crippen LogP contribution in [0.1, 0.15) is 25.5 Å². The number of carbonyl (C=O) groups excluding carboxylic acids is 6. The van der Waals surface area contributed by atoms with Crippen molar-refractivity contribution < 1.29 is 38.7 Å². The van der Waals surface area contributed by atoms with E-state index in [0.29, 0.717) is 17.0 Å². The summed E-state index contributed by atoms with van der Waals surface area (Å²) in [5, 5.41) is 14.3. The maximum absolute atomic E-state index is 13.2. The molecule has 4 rings (SSSR count). The zero-order chi connectivity index (χ0) is 26.3. The molecule has 6 amide bonds. The number of benzene rings is 1. The van der Waals surface area contributed by atoms with Gasteiger partial charge in [0.2, 0.25) is 11.8 Å². The van der Waals surface area contributed by atoms with Gasteiger partial charge < -0.3 is 25.5 Å². The van der Waals surface area contributed by atoms with Crippen LogP contribution in [0, 0.1) is 5.92 Å². The Kier molecular flexibility index (Phi) is 6.48. The Morgan fingerprint density at radius 1 is 1.06 bits per heavy atom. The number of Topliss-reactive ketones (excluding diaryl/α,β-unsaturated/α-hetero) is 1. The second-order valence-corrected chi connectivity index (χ2v) is 8.79. The summed E-state index contributed by atoms with van der Waals surface area (Å²) >= 11 is 0. The van der Waals surface area contributed by atoms with Gasteiger partial charge >= 0.3 is 23.8 Å². The minimum atomic E-state index is -1.36. The minimum absolute atomic E-state index is 0.0610. The van der Waals surface area contributed by atoms with Gasteiger partial charge in [0, 0.05) is 25.6 Å². The molecule has 5 atom stereocenters. The molecule has 3 aliphatic rings. The van der Waals surface area contributed by atoms with Crippen molar-refractivity contribution >= 4 is 41.4 Å². The Morgan fingerprint density at radius 2 is 1.72 bits per heavy atom. The SMILES string of the molecule is CCN1CCN(C(=O)NC(C(=O)NC2C(=O)N3C(C(=O)O)C(C)C(=O)[C@H]23)c2ccccc2)C(=O)C1=O. The Labute approximate surface area is 205 Å². The molecule has 36 heavy (non-hydrogen) atoms. The molecule has 0 saturated carbocycles. The fourth-order valence-electron chi connectivity index (χ4n) is 4.82. The molecule has 0 aromatic heterocycles. The number of aliphatic carboxylic acids is 1. The van der Waals surface area contributed by atoms with Gasteiger partial charge in [-0.15, -0.1) is 0 Å². The van der Waals surface area contributed by atoms with Crippen LogP contribution in [-0.4, -0.2) is 99.0 Å². The number of carbonyl (C=O) groups is 7. The number of imide groups is 1. The number of fused-ring (bicyclic) bond motifs is 1. The predicted octanol–water partition coefficient (Wildman–Crippen LogP) is -1.50. The van der Waals surface area contributed by atoms with Crippen LogP contribution in [-0.2, 0) is 28.8 Å². The Balaban J connectivity index is 1.52. The minimum Gasteiger partial charge on any atom is -0.480 e. The second kappa shape index (κ2) is 9.40. The quantitative estimate of drug-likeness (QED) is 0.313. The van der Waals surface area contributed by atoms with E-state index in [0.717, 1.165) is 4.90 Å². The van der Waals surface area contributed by atoms with Gasteiger partial charge in [-0.25, -0.2) is 9.59 Å². The van der Waals surface area contributed by atoms with Crippen molar-refractivity contribution in [3.05, 3.63) is 35.9 Å². The highest BCUT2D eigenvalue weighted by Crippen LogP contribution is 2.37. The van der Waals surface area contributed by atoms with Crippen LogP contribution in [0.2, 0.25) is 0 Å². The number of amides is 6. The van der Waals surface area contributed by atoms with Crippen molar-refractivity contribution in [2.24, 2.45) is 5.92 Å². The van der Waals surface area contributed by atoms with Gasteiger partial charge in [0.05, 0.1) is 0 Å². The lowest BCUT2D eigenvalue weighted by molar-refractivity contribution is -0.162. The number of likely N-dealkylation sites (N-methyl/N-ethyl adjacent to an activating group) is 1. The van der Waals surface area contributed by atoms with Gasteiger partial charge in [0.15, 0.2) is 5.78 Å². The summed E-state index contributed by atoms with van der Waals surface area (Å²) in [7, 11) is 0. The fourth-order valence-corrected chi connectivity index (χ4v) is 4.82. The van der Waals surface area contributed by atoms with Crippen LogP contribution in [0.3, 0.4) is 0 Å². The Hall–Kier alpha value is -4.29. The highest BCUT2D eigenvalue weighted by molar-refractivity contribution is 6.38. The molecule has 3 N–H and O–H groups in total. The van der Waals surface area contributed by atoms with Gasteiger partial charge in [-0.1, -0.05) is 37.3 Å². The Bertz CT molecular complexity index is 1150. The summed E-state index contributed by atoms with van der Waals surface area (Å²) in [5.74, 6) is -6.14. The van der Waals surface area contributed by atoms with Crippen molar-refractivity contribution in [3.63, 3.8) is 0 Å². The highest BCUT2D eigenvalue weighted by atomic mass is 16.4. The van der Waals surface area contributed by atoms with Gasteiger partial charge in [-0.3, -0.25) is 28.9 Å². The summed E-state index contributed by atoms with van der Waals surface area (Å²) in [6.07, 6.45) is 0. The molecule has 13 heteroatoms. The fraction of sp³-hybridized carbons (Fsp3) is 0.435. The van der Waals surface area contributed by atoms with Gasteiger partial charge in [0.1, 0.15) is 24.2 Å². The second-order valence-electron chi connectivity index (χ2n) is 8.79. The normalized spacial score (nSPS) is 26.3. The molecular weight excluding hydrogens is 474 g/mol. The van der Waals surface area contributed by atoms with Crippen LogP contribution in [0.4, 0.5) is 4.79 Å². The van der Waals surface area contributed by atoms with E-state index in [-0.39, 0.29) is 13.1 Å². The molecule has 0 aliphatic carbocycles. The molecule has 0 bridgehead atoms. The summed E-state index contributed by atoms with van der Waals surface area (Å²) < 4.78 is 0. The molecule has 1 aromatic carbocycles. The number of carboxylic acid groups (broad SMARTS) is 1. The topological polar surface area (TPSA) is 174 Å². The molecule has 3 fully saturated rings. The number of hydrogen-bond donors (Lipinski definition) is 3. The molecular formula is C23H25N5O8. The van der Waals surface area contributed by atoms with E-state index in [1.807, 2.05) is 0 Å². The first-order chi connectivity index (χ1) is 17.1. The number of urea groups is 1. The van der Waals surface area contributed by atoms with E-state index in [1.54, 1.807) is 37.3 Å². The van der Waals surface area contributed by atoms with Crippen molar-refractivity contribution in [2.45, 2.75) is 38.0 Å². The van der Waals surface area contributed by atoms with Crippen molar-refractivity contribution in [1.29, 1.82) is 0 Å². The third-order valence-corrected chi connectivity index (χ3v) is 6.80. The number of hydrogen-bond acceptors (Lipinski definition) is 7. The lowest BCUT2D eigenvalue weighted by Crippen LogP contribution is -2.72. The van der Waals surface area contributed by atoms with Crippen LogP contribution in [0.25, 0.3) is 0 Å². The van der Waals surface area contributed by atoms with Gasteiger partial charge in [-0.05, 0) is 12.5 Å². The molecule has 3 aliphatic heterocycles. The zero-order valence-corrected chi connectivity index (χ0v) is 19.5. The smallest absolute Gasteiger partial charge is 0.327 e. The molecule has 0 radical (unpaired) electrons. The summed E-state index contributed by atoms with van der Waals surface area (Å²) in [4.78, 5) is 90.5. The number of nitrogens with one attached hydrogen (secondary N) is 2. The third kappa shape index (κ3) is 3.95. The van der Waals surface area contributed by atoms with Crippen LogP contribution < -0.4 is 10.6 Å². The summed E-state index contributed by atoms with van der Waals surface area (Å²) in [5.41, 5.74) is 0.326. The number of piperazine rings is 1. The summed E-state index contributed by atoms with van der Waals surface area (Å²) in [6.45, 7) is 3.51. The molecule has 1 aromatic rings. The lowest BCUT2D eigenvalue weighted by Gasteiger charge is -2.43. The van der Waals surface area contributed by atoms with Crippen LogP contribution in [0.15, 0.2) is 30.3 Å². The maximum atomic E-state index is 13.2. The van der Waals surface area contributed by atoms with Crippen LogP contribution >= 0.6 is 0 Å². The third-order valence-electron chi connectivity index (χ3n) is 6.80. The molecule has 3 saturated heterocycles. The summed E-state index contributed by atoms with van der Waals surface area (Å²) in [6, 6.07) is 1.97. The average molecular weight is 499 g/mol. The van der Waals surface area contributed by atoms with E-state index in [1.165, 1.54) is 11.8 Å². The van der Waals surface area contributed by atoms with E-state index in [9.17, 15) is 38.7 Å². The highest BCUT2D eigenvalue weighted by Gasteiger charge is 2.64. The van der Waals surface area contributed by atoms with Crippen molar-refractivity contribution in [3.8, 4) is 0 Å². The standard InChI is InChI=1S/C23H25N5O8/c1-3-26-9-10-27(21(33)20(26)32)23(36)25-13(12-7-5-4-6-8-12)18(30)24-14-16-17(29)11(2)15(22(34)35)28(16)19(14)31/h4-8,11,13-16H,3,9-10H2,1-2H3,(H,24,30)(H,25,36)(H,34,35)/t11?,13?,14?,15?,16-/m0/s1. The first-order valence-electron chi connectivity index (χ1n) is 11.4. The van der Waals surface area contributed by atoms with E-state index in [4.69, 9.17) is 0 Å². The molecule has 0 spiro atoms. The number of nitrogens with zero attached hydrogens (tertiary/aromatic N) is 3. The molecule has 190 valence electrons. The number of rotatable bonds is 6. The van der Waals surface area contributed by atoms with E-state index < -0.39 is 71.5 Å². The van der Waals surface area contributed by atoms with Crippen molar-refractivity contribution in [1.82, 2.24) is 25.3 Å². The lowest BCUT2D eigenvalue weighted by atomic mass is 9.92. The van der Waals surface area contributed by atoms with Gasteiger partial charge in [-0.2, -0.15) is 0 Å². The van der Waals surface area contributed by atoms with Crippen molar-refractivity contribution in [2.75, 3.05) is 19.6 Å². The van der Waals surface area contributed by atoms with E-state index in [2.05, 4.69) is 10.6 Å². The monoisotopic (exact) mass is 499 g/mol. The number of carboxylic acids is 1. The predicted molar refractivity (Wildman–Crippen MR) is 120 cm³/mol. The van der Waals surface area contributed by atoms with Crippen LogP contribution in [0.5, 0.6) is 0 Å². The first kappa shape index (κ1) is 24.8. The first-order valence-corrected chi connectivity index (χ1v) is 11.4. The number of ketones is 1.